The van der Waals surface area contributed by atoms with Gasteiger partial charge in [0.15, 0.2) is 0 Å². The van der Waals surface area contributed by atoms with Gasteiger partial charge in [0.05, 0.1) is 28.4 Å². The number of aromatic nitrogens is 2. The Labute approximate surface area is 195 Å². The molecule has 1 amide bonds. The van der Waals surface area contributed by atoms with Gasteiger partial charge in [-0.3, -0.25) is 4.79 Å². The van der Waals surface area contributed by atoms with Crippen molar-refractivity contribution in [2.45, 2.75) is 31.9 Å². The van der Waals surface area contributed by atoms with Gasteiger partial charge < -0.3 is 10.4 Å². The number of benzene rings is 3. The first kappa shape index (κ1) is 21.6. The van der Waals surface area contributed by atoms with E-state index < -0.39 is 6.10 Å². The molecule has 7 heteroatoms. The van der Waals surface area contributed by atoms with E-state index in [0.29, 0.717) is 33.9 Å². The van der Waals surface area contributed by atoms with Gasteiger partial charge in [-0.25, -0.2) is 9.07 Å². The van der Waals surface area contributed by atoms with Crippen molar-refractivity contribution in [2.24, 2.45) is 5.92 Å². The molecule has 0 aliphatic heterocycles. The molecule has 1 aliphatic carbocycles. The first-order chi connectivity index (χ1) is 15.9. The molecule has 0 spiro atoms. The van der Waals surface area contributed by atoms with Crippen LogP contribution < -0.4 is 5.32 Å². The molecule has 3 atom stereocenters. The number of halogens is 2. The Morgan fingerprint density at radius 3 is 2.58 bits per heavy atom. The van der Waals surface area contributed by atoms with Gasteiger partial charge in [0.1, 0.15) is 11.5 Å². The molecule has 0 radical (unpaired) electrons. The van der Waals surface area contributed by atoms with Crippen LogP contribution in [0.25, 0.3) is 27.8 Å². The Kier molecular flexibility index (Phi) is 5.64. The molecular formula is C26H23ClFN3O2. The number of rotatable bonds is 4. The summed E-state index contributed by atoms with van der Waals surface area (Å²) in [5.74, 6) is -0.379. The van der Waals surface area contributed by atoms with Crippen LogP contribution in [0.15, 0.2) is 66.7 Å². The van der Waals surface area contributed by atoms with E-state index in [1.54, 1.807) is 35.0 Å². The topological polar surface area (TPSA) is 67.2 Å². The maximum absolute atomic E-state index is 13.5. The van der Waals surface area contributed by atoms with E-state index in [1.165, 1.54) is 12.1 Å². The number of aliphatic hydroxyl groups is 1. The molecule has 1 aromatic heterocycles. The average Bonchev–Trinajstić information content (AvgIpc) is 3.34. The van der Waals surface area contributed by atoms with Crippen molar-refractivity contribution < 1.29 is 14.3 Å². The molecule has 1 saturated carbocycles. The number of nitrogens with one attached hydrogen (secondary N) is 1. The van der Waals surface area contributed by atoms with Crippen molar-refractivity contribution in [3.8, 4) is 16.9 Å². The smallest absolute Gasteiger partial charge is 0.251 e. The van der Waals surface area contributed by atoms with Crippen LogP contribution >= 0.6 is 11.6 Å². The first-order valence-electron chi connectivity index (χ1n) is 10.9. The molecule has 33 heavy (non-hydrogen) atoms. The third kappa shape index (κ3) is 4.01. The maximum atomic E-state index is 13.5. The number of carbonyl (C=O) groups is 1. The summed E-state index contributed by atoms with van der Waals surface area (Å²) in [4.78, 5) is 13.0. The standard InChI is InChI=1S/C26H23ClFN3O2/c1-15-6-13-23(32)24(15)29-26(33)16-7-12-20-22(14-16)31(18-10-8-17(28)9-11-18)30-25(20)19-4-2-3-5-21(19)27/h2-5,7-12,14-15,23-24,32H,6,13H2,1H3,(H,29,33)/t15-,23-,24+/m1/s1. The van der Waals surface area contributed by atoms with Crippen LogP contribution in [0.2, 0.25) is 5.02 Å². The van der Waals surface area contributed by atoms with Gasteiger partial charge in [0, 0.05) is 16.5 Å². The number of aliphatic hydroxyl groups excluding tert-OH is 1. The van der Waals surface area contributed by atoms with E-state index in [9.17, 15) is 14.3 Å². The second-order valence-electron chi connectivity index (χ2n) is 8.57. The minimum absolute atomic E-state index is 0.212. The highest BCUT2D eigenvalue weighted by Crippen LogP contribution is 2.34. The lowest BCUT2D eigenvalue weighted by atomic mass is 10.0. The monoisotopic (exact) mass is 463 g/mol. The number of hydrogen-bond donors (Lipinski definition) is 2. The first-order valence-corrected chi connectivity index (χ1v) is 11.3. The van der Waals surface area contributed by atoms with Gasteiger partial charge in [-0.15, -0.1) is 0 Å². The van der Waals surface area contributed by atoms with E-state index in [0.717, 1.165) is 17.4 Å². The Hall–Kier alpha value is -3.22. The second kappa shape index (κ2) is 8.61. The van der Waals surface area contributed by atoms with Crippen molar-refractivity contribution >= 4 is 28.4 Å². The summed E-state index contributed by atoms with van der Waals surface area (Å²) in [5, 5.41) is 19.4. The van der Waals surface area contributed by atoms with Gasteiger partial charge in [0.25, 0.3) is 5.91 Å². The fraction of sp³-hybridized carbons (Fsp3) is 0.231. The van der Waals surface area contributed by atoms with Gasteiger partial charge in [0.2, 0.25) is 0 Å². The average molecular weight is 464 g/mol. The Morgan fingerprint density at radius 2 is 1.88 bits per heavy atom. The molecule has 1 aliphatic rings. The summed E-state index contributed by atoms with van der Waals surface area (Å²) in [6.07, 6.45) is 1.03. The zero-order valence-corrected chi connectivity index (χ0v) is 18.8. The molecule has 4 aromatic rings. The fourth-order valence-electron chi connectivity index (χ4n) is 4.53. The van der Waals surface area contributed by atoms with Crippen molar-refractivity contribution in [3.05, 3.63) is 83.1 Å². The summed E-state index contributed by atoms with van der Waals surface area (Å²) in [5.41, 5.74) is 3.26. The largest absolute Gasteiger partial charge is 0.391 e. The number of carbonyl (C=O) groups excluding carboxylic acids is 1. The van der Waals surface area contributed by atoms with Crippen LogP contribution in [0.1, 0.15) is 30.1 Å². The van der Waals surface area contributed by atoms with Crippen LogP contribution in [-0.4, -0.2) is 32.9 Å². The Balaban J connectivity index is 1.62. The molecule has 0 saturated heterocycles. The number of amides is 1. The normalized spacial score (nSPS) is 20.3. The molecule has 5 rings (SSSR count). The molecule has 3 aromatic carbocycles. The van der Waals surface area contributed by atoms with Crippen LogP contribution in [0.4, 0.5) is 4.39 Å². The SMILES string of the molecule is C[C@@H]1CC[C@@H](O)[C@H]1NC(=O)c1ccc2c(-c3ccccc3Cl)nn(-c3ccc(F)cc3)c2c1. The zero-order valence-electron chi connectivity index (χ0n) is 18.0. The van der Waals surface area contributed by atoms with Crippen molar-refractivity contribution in [1.29, 1.82) is 0 Å². The highest BCUT2D eigenvalue weighted by Gasteiger charge is 2.33. The summed E-state index contributed by atoms with van der Waals surface area (Å²) in [7, 11) is 0. The van der Waals surface area contributed by atoms with E-state index >= 15 is 0 Å². The molecule has 2 N–H and O–H groups in total. The van der Waals surface area contributed by atoms with Crippen LogP contribution in [0, 0.1) is 11.7 Å². The lowest BCUT2D eigenvalue weighted by Gasteiger charge is -2.20. The predicted octanol–water partition coefficient (Wildman–Crippen LogP) is 5.37. The fourth-order valence-corrected chi connectivity index (χ4v) is 4.76. The second-order valence-corrected chi connectivity index (χ2v) is 8.98. The van der Waals surface area contributed by atoms with Crippen molar-refractivity contribution in [2.75, 3.05) is 0 Å². The molecular weight excluding hydrogens is 441 g/mol. The minimum Gasteiger partial charge on any atom is -0.391 e. The lowest BCUT2D eigenvalue weighted by Crippen LogP contribution is -2.43. The number of fused-ring (bicyclic) bond motifs is 1. The molecule has 5 nitrogen and oxygen atoms in total. The number of hydrogen-bond acceptors (Lipinski definition) is 3. The lowest BCUT2D eigenvalue weighted by molar-refractivity contribution is 0.0850. The molecule has 1 fully saturated rings. The summed E-state index contributed by atoms with van der Waals surface area (Å²) < 4.78 is 15.2. The van der Waals surface area contributed by atoms with Crippen LogP contribution in [-0.2, 0) is 0 Å². The van der Waals surface area contributed by atoms with Crippen LogP contribution in [0.5, 0.6) is 0 Å². The highest BCUT2D eigenvalue weighted by molar-refractivity contribution is 6.33. The molecule has 0 unspecified atom stereocenters. The van der Waals surface area contributed by atoms with E-state index in [1.807, 2.05) is 31.2 Å². The third-order valence-corrected chi connectivity index (χ3v) is 6.72. The third-order valence-electron chi connectivity index (χ3n) is 6.39. The van der Waals surface area contributed by atoms with Gasteiger partial charge in [-0.05, 0) is 67.3 Å². The number of nitrogens with zero attached hydrogens (tertiary/aromatic N) is 2. The summed E-state index contributed by atoms with van der Waals surface area (Å²) >= 11 is 6.45. The van der Waals surface area contributed by atoms with E-state index in [4.69, 9.17) is 16.7 Å². The summed E-state index contributed by atoms with van der Waals surface area (Å²) in [6.45, 7) is 2.03. The van der Waals surface area contributed by atoms with Crippen LogP contribution in [0.3, 0.4) is 0 Å². The predicted molar refractivity (Wildman–Crippen MR) is 127 cm³/mol. The van der Waals surface area contributed by atoms with E-state index in [2.05, 4.69) is 5.32 Å². The minimum atomic E-state index is -0.538. The van der Waals surface area contributed by atoms with Gasteiger partial charge in [-0.1, -0.05) is 36.7 Å². The molecule has 168 valence electrons. The highest BCUT2D eigenvalue weighted by atomic mass is 35.5. The molecule has 0 bridgehead atoms. The van der Waals surface area contributed by atoms with Crippen molar-refractivity contribution in [3.63, 3.8) is 0 Å². The summed E-state index contributed by atoms with van der Waals surface area (Å²) in [6, 6.07) is 18.6. The Bertz CT molecular complexity index is 1330. The Morgan fingerprint density at radius 1 is 1.12 bits per heavy atom. The maximum Gasteiger partial charge on any atom is 0.251 e. The van der Waals surface area contributed by atoms with Crippen molar-refractivity contribution in [1.82, 2.24) is 15.1 Å². The van der Waals surface area contributed by atoms with Gasteiger partial charge in [-0.2, -0.15) is 5.10 Å². The zero-order chi connectivity index (χ0) is 23.1. The quantitative estimate of drug-likeness (QED) is 0.427. The van der Waals surface area contributed by atoms with Gasteiger partial charge >= 0.3 is 0 Å². The van der Waals surface area contributed by atoms with E-state index in [-0.39, 0.29) is 23.7 Å². The molecule has 1 heterocycles.